The Labute approximate surface area is 244 Å². The van der Waals surface area contributed by atoms with Crippen LogP contribution in [-0.4, -0.2) is 64.2 Å². The van der Waals surface area contributed by atoms with Gasteiger partial charge in [-0.25, -0.2) is 0 Å². The van der Waals surface area contributed by atoms with Crippen LogP contribution >= 0.6 is 0 Å². The summed E-state index contributed by atoms with van der Waals surface area (Å²) < 4.78 is 13.5. The molecule has 3 heterocycles. The highest BCUT2D eigenvalue weighted by atomic mass is 16.5. The van der Waals surface area contributed by atoms with E-state index in [0.717, 1.165) is 94.0 Å². The van der Waals surface area contributed by atoms with Crippen LogP contribution in [0.4, 0.5) is 0 Å². The summed E-state index contributed by atoms with van der Waals surface area (Å²) >= 11 is 0. The van der Waals surface area contributed by atoms with Gasteiger partial charge in [-0.2, -0.15) is 0 Å². The molecule has 2 saturated heterocycles. The number of benzene rings is 2. The number of aliphatic hydroxyl groups is 1. The van der Waals surface area contributed by atoms with Gasteiger partial charge in [0.25, 0.3) is 0 Å². The summed E-state index contributed by atoms with van der Waals surface area (Å²) in [6.45, 7) is 5.57. The molecule has 2 aromatic carbocycles. The van der Waals surface area contributed by atoms with Crippen molar-refractivity contribution in [2.24, 2.45) is 11.8 Å². The Morgan fingerprint density at radius 3 is 2.71 bits per heavy atom. The first-order valence-electron chi connectivity index (χ1n) is 16.3. The maximum atomic E-state index is 13.8. The molecule has 2 bridgehead atoms. The minimum atomic E-state index is -0.859. The van der Waals surface area contributed by atoms with E-state index in [4.69, 9.17) is 9.47 Å². The summed E-state index contributed by atoms with van der Waals surface area (Å²) in [6, 6.07) is 14.7. The predicted molar refractivity (Wildman–Crippen MR) is 157 cm³/mol. The Kier molecular flexibility index (Phi) is 6.19. The van der Waals surface area contributed by atoms with Crippen molar-refractivity contribution in [3.05, 3.63) is 59.2 Å². The summed E-state index contributed by atoms with van der Waals surface area (Å²) in [4.78, 5) is 18.5. The number of likely N-dealkylation sites (tertiary alicyclic amines) is 2. The number of hydrogen-bond acceptors (Lipinski definition) is 5. The van der Waals surface area contributed by atoms with Gasteiger partial charge in [-0.1, -0.05) is 56.2 Å². The Bertz CT molecular complexity index is 1330. The quantitative estimate of drug-likeness (QED) is 0.458. The summed E-state index contributed by atoms with van der Waals surface area (Å²) in [7, 11) is 0. The standard InChI is InChI=1S/C35H44N2O4/c1-2-3-9-25-15-18-37(33(25)38)27-14-16-35(39)29-20-26-12-13-28(40-22-24-7-5-4-6-8-24)31-30(26)34(35,32(27)41-31)17-19-36(29)21-23-10-11-23/h4-8,12-13,23,25,27,29,32,39H,2-3,9-11,14-22H2,1H3/t25?,27-,29-,32-,34-,35+/m0/s1. The second-order valence-electron chi connectivity index (χ2n) is 13.8. The van der Waals surface area contributed by atoms with E-state index in [1.807, 2.05) is 18.2 Å². The molecule has 1 N–H and O–H groups in total. The van der Waals surface area contributed by atoms with Crippen LogP contribution in [0.25, 0.3) is 0 Å². The lowest BCUT2D eigenvalue weighted by Crippen LogP contribution is -2.78. The van der Waals surface area contributed by atoms with Crippen molar-refractivity contribution >= 4 is 5.91 Å². The average molecular weight is 557 g/mol. The van der Waals surface area contributed by atoms with E-state index in [1.54, 1.807) is 0 Å². The molecule has 1 amide bonds. The fourth-order valence-corrected chi connectivity index (χ4v) is 9.42. The van der Waals surface area contributed by atoms with Crippen LogP contribution < -0.4 is 9.47 Å². The monoisotopic (exact) mass is 556 g/mol. The van der Waals surface area contributed by atoms with Gasteiger partial charge in [0.15, 0.2) is 11.5 Å². The average Bonchev–Trinajstić information content (AvgIpc) is 3.63. The maximum Gasteiger partial charge on any atom is 0.226 e. The minimum absolute atomic E-state index is 0.00893. The van der Waals surface area contributed by atoms with Crippen LogP contribution in [0.1, 0.15) is 81.4 Å². The third-order valence-electron chi connectivity index (χ3n) is 11.6. The summed E-state index contributed by atoms with van der Waals surface area (Å²) in [5.41, 5.74) is 2.25. The minimum Gasteiger partial charge on any atom is -0.485 e. The van der Waals surface area contributed by atoms with E-state index in [1.165, 1.54) is 24.0 Å². The van der Waals surface area contributed by atoms with Crippen LogP contribution in [0.2, 0.25) is 0 Å². The van der Waals surface area contributed by atoms with Gasteiger partial charge in [-0.3, -0.25) is 9.69 Å². The fraction of sp³-hybridized carbons (Fsp3) is 0.629. The summed E-state index contributed by atoms with van der Waals surface area (Å²) in [5.74, 6) is 2.83. The Morgan fingerprint density at radius 1 is 1.05 bits per heavy atom. The molecule has 4 fully saturated rings. The molecule has 0 radical (unpaired) electrons. The van der Waals surface area contributed by atoms with E-state index < -0.39 is 11.0 Å². The smallest absolute Gasteiger partial charge is 0.226 e. The van der Waals surface area contributed by atoms with Gasteiger partial charge in [0.2, 0.25) is 5.91 Å². The van der Waals surface area contributed by atoms with Gasteiger partial charge in [0, 0.05) is 30.6 Å². The van der Waals surface area contributed by atoms with Gasteiger partial charge in [-0.15, -0.1) is 0 Å². The zero-order chi connectivity index (χ0) is 27.8. The maximum absolute atomic E-state index is 13.8. The molecular formula is C35H44N2O4. The fourth-order valence-electron chi connectivity index (χ4n) is 9.42. The van der Waals surface area contributed by atoms with Gasteiger partial charge in [-0.05, 0) is 81.0 Å². The molecule has 3 aliphatic heterocycles. The molecule has 8 rings (SSSR count). The van der Waals surface area contributed by atoms with E-state index in [2.05, 4.69) is 41.0 Å². The number of piperidine rings is 1. The lowest BCUT2D eigenvalue weighted by molar-refractivity contribution is -0.201. The Hall–Kier alpha value is -2.57. The van der Waals surface area contributed by atoms with Crippen LogP contribution in [0.5, 0.6) is 11.5 Å². The zero-order valence-electron chi connectivity index (χ0n) is 24.4. The molecule has 1 spiro atoms. The lowest BCUT2D eigenvalue weighted by atomic mass is 9.48. The SMILES string of the molecule is CCCCC1CCN([C@H]2CC[C@@]3(O)[C@@H]4Cc5ccc(OCc6ccccc6)c6c5[C@@]3(CCN4CC3CC3)[C@H]2O6)C1=O. The highest BCUT2D eigenvalue weighted by Crippen LogP contribution is 2.66. The number of amides is 1. The van der Waals surface area contributed by atoms with E-state index >= 15 is 0 Å². The number of hydrogen-bond donors (Lipinski definition) is 1. The third-order valence-corrected chi connectivity index (χ3v) is 11.6. The first-order chi connectivity index (χ1) is 20.0. The largest absolute Gasteiger partial charge is 0.485 e. The van der Waals surface area contributed by atoms with Gasteiger partial charge in [0.1, 0.15) is 12.7 Å². The van der Waals surface area contributed by atoms with E-state index in [-0.39, 0.29) is 24.1 Å². The van der Waals surface area contributed by atoms with Gasteiger partial charge in [0.05, 0.1) is 17.1 Å². The van der Waals surface area contributed by atoms with Crippen molar-refractivity contribution in [2.75, 3.05) is 19.6 Å². The molecule has 6 atom stereocenters. The molecule has 2 aromatic rings. The molecule has 6 nitrogen and oxygen atoms in total. The number of ether oxygens (including phenoxy) is 2. The predicted octanol–water partition coefficient (Wildman–Crippen LogP) is 5.24. The van der Waals surface area contributed by atoms with E-state index in [0.29, 0.717) is 12.5 Å². The number of nitrogens with zero attached hydrogens (tertiary/aromatic N) is 2. The van der Waals surface area contributed by atoms with Gasteiger partial charge >= 0.3 is 0 Å². The molecule has 218 valence electrons. The third kappa shape index (κ3) is 3.85. The van der Waals surface area contributed by atoms with Crippen molar-refractivity contribution in [3.63, 3.8) is 0 Å². The highest BCUT2D eigenvalue weighted by molar-refractivity contribution is 5.81. The molecule has 0 aromatic heterocycles. The van der Waals surface area contributed by atoms with Crippen LogP contribution in [-0.2, 0) is 23.2 Å². The number of unbranched alkanes of at least 4 members (excludes halogenated alkanes) is 1. The second-order valence-corrected chi connectivity index (χ2v) is 13.8. The molecule has 3 aliphatic carbocycles. The number of carbonyl (C=O) groups is 1. The normalized spacial score (nSPS) is 35.4. The Morgan fingerprint density at radius 2 is 1.90 bits per heavy atom. The van der Waals surface area contributed by atoms with Crippen molar-refractivity contribution in [1.82, 2.24) is 9.80 Å². The molecule has 6 aliphatic rings. The number of carbonyl (C=O) groups excluding carboxylic acids is 1. The van der Waals surface area contributed by atoms with Gasteiger partial charge < -0.3 is 19.5 Å². The second kappa shape index (κ2) is 9.74. The molecule has 6 heteroatoms. The topological polar surface area (TPSA) is 62.2 Å². The van der Waals surface area contributed by atoms with Crippen LogP contribution in [0.15, 0.2) is 42.5 Å². The lowest BCUT2D eigenvalue weighted by Gasteiger charge is -2.64. The van der Waals surface area contributed by atoms with Crippen LogP contribution in [0.3, 0.4) is 0 Å². The summed E-state index contributed by atoms with van der Waals surface area (Å²) in [5, 5.41) is 12.9. The molecule has 41 heavy (non-hydrogen) atoms. The molecule has 1 unspecified atom stereocenters. The first kappa shape index (κ1) is 26.1. The van der Waals surface area contributed by atoms with Crippen molar-refractivity contribution < 1.29 is 19.4 Å². The molecule has 2 saturated carbocycles. The zero-order valence-corrected chi connectivity index (χ0v) is 24.4. The van der Waals surface area contributed by atoms with Crippen molar-refractivity contribution in [2.45, 2.75) is 107 Å². The van der Waals surface area contributed by atoms with Crippen LogP contribution in [0, 0.1) is 11.8 Å². The van der Waals surface area contributed by atoms with Crippen molar-refractivity contribution in [1.29, 1.82) is 0 Å². The molecular weight excluding hydrogens is 512 g/mol. The van der Waals surface area contributed by atoms with Crippen molar-refractivity contribution in [3.8, 4) is 11.5 Å². The van der Waals surface area contributed by atoms with E-state index in [9.17, 15) is 9.90 Å². The summed E-state index contributed by atoms with van der Waals surface area (Å²) in [6.07, 6.45) is 9.81. The number of rotatable bonds is 9. The first-order valence-corrected chi connectivity index (χ1v) is 16.3. The highest BCUT2D eigenvalue weighted by Gasteiger charge is 2.73. The Balaban J connectivity index is 1.18.